The van der Waals surface area contributed by atoms with E-state index in [1.165, 1.54) is 29.6 Å². The minimum absolute atomic E-state index is 0.120. The van der Waals surface area contributed by atoms with Crippen LogP contribution < -0.4 is 15.3 Å². The van der Waals surface area contributed by atoms with Crippen molar-refractivity contribution in [3.05, 3.63) is 55.4 Å². The van der Waals surface area contributed by atoms with Gasteiger partial charge in [0.05, 0.1) is 6.54 Å². The maximum atomic E-state index is 13.4. The first-order chi connectivity index (χ1) is 16.4. The third-order valence-electron chi connectivity index (χ3n) is 7.66. The van der Waals surface area contributed by atoms with Gasteiger partial charge in [-0.15, -0.1) is 0 Å². The third-order valence-corrected chi connectivity index (χ3v) is 8.11. The average molecular weight is 533 g/mol. The molecule has 1 aromatic carbocycles. The smallest absolute Gasteiger partial charge is 0.252 e. The zero-order chi connectivity index (χ0) is 24.2. The summed E-state index contributed by atoms with van der Waals surface area (Å²) in [6, 6.07) is 4.43. The highest BCUT2D eigenvalue weighted by Gasteiger charge is 2.28. The first-order valence-corrected chi connectivity index (χ1v) is 13.6. The molecule has 2 heterocycles. The Kier molecular flexibility index (Phi) is 8.51. The number of quaternary nitrogens is 1. The van der Waals surface area contributed by atoms with Gasteiger partial charge in [-0.25, -0.2) is 0 Å². The maximum Gasteiger partial charge on any atom is 0.252 e. The summed E-state index contributed by atoms with van der Waals surface area (Å²) < 4.78 is 6.45. The van der Waals surface area contributed by atoms with Crippen LogP contribution in [0.5, 0.6) is 0 Å². The van der Waals surface area contributed by atoms with Crippen LogP contribution in [0.3, 0.4) is 0 Å². The molecule has 3 aliphatic rings. The summed E-state index contributed by atoms with van der Waals surface area (Å²) in [6.07, 6.45) is 7.49. The summed E-state index contributed by atoms with van der Waals surface area (Å²) in [5.41, 5.74) is 7.35. The van der Waals surface area contributed by atoms with Crippen LogP contribution in [0.15, 0.2) is 39.0 Å². The molecule has 2 fully saturated rings. The van der Waals surface area contributed by atoms with Crippen molar-refractivity contribution in [1.82, 2.24) is 5.32 Å². The lowest BCUT2D eigenvalue weighted by Gasteiger charge is -2.36. The van der Waals surface area contributed by atoms with Crippen molar-refractivity contribution < 1.29 is 14.6 Å². The highest BCUT2D eigenvalue weighted by molar-refractivity contribution is 9.10. The van der Waals surface area contributed by atoms with Gasteiger partial charge in [0.1, 0.15) is 12.2 Å². The highest BCUT2D eigenvalue weighted by atomic mass is 79.9. The van der Waals surface area contributed by atoms with E-state index < -0.39 is 0 Å². The van der Waals surface area contributed by atoms with E-state index in [0.29, 0.717) is 24.7 Å². The van der Waals surface area contributed by atoms with Crippen LogP contribution in [0.4, 0.5) is 5.69 Å². The van der Waals surface area contributed by atoms with E-state index in [1.807, 2.05) is 13.0 Å². The Hall–Kier alpha value is -1.67. The monoisotopic (exact) mass is 531 g/mol. The lowest BCUT2D eigenvalue weighted by Crippen LogP contribution is -3.07. The number of hydrogen-bond acceptors (Lipinski definition) is 4. The zero-order valence-electron chi connectivity index (χ0n) is 20.8. The number of fused-ring (bicyclic) bond motifs is 1. The average Bonchev–Trinajstić information content (AvgIpc) is 3.08. The molecule has 186 valence electrons. The fourth-order valence-electron chi connectivity index (χ4n) is 5.80. The largest absolute Gasteiger partial charge is 0.629 e. The minimum Gasteiger partial charge on any atom is -0.629 e. The summed E-state index contributed by atoms with van der Waals surface area (Å²) in [6.45, 7) is 9.52. The highest BCUT2D eigenvalue weighted by Crippen LogP contribution is 2.33. The molecule has 1 aromatic rings. The number of carbonyl (C=O) groups is 1. The van der Waals surface area contributed by atoms with Crippen molar-refractivity contribution >= 4 is 27.5 Å². The van der Waals surface area contributed by atoms with Gasteiger partial charge >= 0.3 is 0 Å². The third kappa shape index (κ3) is 5.43. The number of ether oxygens (including phenoxy) is 1. The Balaban J connectivity index is 1.57. The van der Waals surface area contributed by atoms with Crippen LogP contribution in [-0.4, -0.2) is 44.8 Å². The number of rotatable bonds is 6. The van der Waals surface area contributed by atoms with E-state index in [-0.39, 0.29) is 11.0 Å². The van der Waals surface area contributed by atoms with Gasteiger partial charge in [-0.05, 0) is 88.1 Å². The fourth-order valence-corrected chi connectivity index (χ4v) is 6.24. The van der Waals surface area contributed by atoms with Gasteiger partial charge in [-0.3, -0.25) is 4.79 Å². The van der Waals surface area contributed by atoms with Gasteiger partial charge in [0.2, 0.25) is 0 Å². The summed E-state index contributed by atoms with van der Waals surface area (Å²) in [4.78, 5) is 15.8. The molecule has 1 atom stereocenters. The molecule has 0 spiro atoms. The van der Waals surface area contributed by atoms with Crippen molar-refractivity contribution in [2.24, 2.45) is 0 Å². The molecule has 1 unspecified atom stereocenters. The van der Waals surface area contributed by atoms with Gasteiger partial charge in [-0.1, -0.05) is 22.4 Å². The van der Waals surface area contributed by atoms with Crippen molar-refractivity contribution in [3.8, 4) is 0 Å². The molecule has 4 rings (SSSR count). The molecule has 0 radical (unpaired) electrons. The van der Waals surface area contributed by atoms with Crippen LogP contribution in [0.25, 0.3) is 0 Å². The molecular formula is C27H38BrN3O3. The number of hydrogen-bond donors (Lipinski definition) is 2. The molecule has 2 N–H and O–H groups in total. The van der Waals surface area contributed by atoms with E-state index in [4.69, 9.17) is 4.74 Å². The van der Waals surface area contributed by atoms with Gasteiger partial charge in [-0.2, -0.15) is 0 Å². The Morgan fingerprint density at radius 2 is 1.88 bits per heavy atom. The molecule has 7 heteroatoms. The number of nitrogens with zero attached hydrogens (tertiary/aromatic N) is 1. The predicted molar refractivity (Wildman–Crippen MR) is 140 cm³/mol. The summed E-state index contributed by atoms with van der Waals surface area (Å²) in [5.74, 6) is -0.120. The molecule has 34 heavy (non-hydrogen) atoms. The number of benzene rings is 1. The molecule has 1 saturated heterocycles. The van der Waals surface area contributed by atoms with Crippen LogP contribution in [-0.2, 0) is 4.74 Å². The summed E-state index contributed by atoms with van der Waals surface area (Å²) >= 11 is 3.63. The molecule has 1 saturated carbocycles. The fraction of sp³-hybridized carbons (Fsp3) is 0.593. The van der Waals surface area contributed by atoms with Crippen LogP contribution >= 0.6 is 15.9 Å². The van der Waals surface area contributed by atoms with E-state index >= 15 is 0 Å². The van der Waals surface area contributed by atoms with E-state index in [9.17, 15) is 10.0 Å². The van der Waals surface area contributed by atoms with Gasteiger partial charge in [0.15, 0.2) is 0 Å². The van der Waals surface area contributed by atoms with Crippen LogP contribution in [0, 0.1) is 12.1 Å². The SMILES string of the molecule is CCN(c1cc(Br)cc(C(=O)NCC2=C3CCCCCC3=C(C)C[NH+]2[O-])c1C)C1CCOCC1. The zero-order valence-corrected chi connectivity index (χ0v) is 22.4. The Bertz CT molecular complexity index is 982. The van der Waals surface area contributed by atoms with Crippen molar-refractivity contribution in [3.63, 3.8) is 0 Å². The molecule has 1 amide bonds. The Morgan fingerprint density at radius 1 is 1.18 bits per heavy atom. The molecule has 0 aromatic heterocycles. The molecule has 1 aliphatic carbocycles. The molecular weight excluding hydrogens is 494 g/mol. The number of nitrogens with one attached hydrogen (secondary N) is 2. The first kappa shape index (κ1) is 25.4. The summed E-state index contributed by atoms with van der Waals surface area (Å²) in [7, 11) is 0. The number of halogens is 1. The van der Waals surface area contributed by atoms with Gasteiger partial charge in [0.25, 0.3) is 5.91 Å². The Labute approximate surface area is 212 Å². The lowest BCUT2D eigenvalue weighted by atomic mass is 9.91. The normalized spacial score (nSPS) is 21.9. The molecule has 0 bridgehead atoms. The van der Waals surface area contributed by atoms with Crippen LogP contribution in [0.2, 0.25) is 0 Å². The number of amides is 1. The topological polar surface area (TPSA) is 69.1 Å². The number of allylic oxidation sites excluding steroid dienone is 2. The maximum absolute atomic E-state index is 13.4. The quantitative estimate of drug-likeness (QED) is 0.533. The second-order valence-electron chi connectivity index (χ2n) is 9.79. The van der Waals surface area contributed by atoms with Crippen LogP contribution in [0.1, 0.15) is 74.7 Å². The lowest BCUT2D eigenvalue weighted by molar-refractivity contribution is -0.802. The number of hydroxylamine groups is 2. The first-order valence-electron chi connectivity index (χ1n) is 12.8. The van der Waals surface area contributed by atoms with E-state index in [0.717, 1.165) is 73.3 Å². The van der Waals surface area contributed by atoms with E-state index in [1.54, 1.807) is 0 Å². The molecule has 6 nitrogen and oxygen atoms in total. The number of anilines is 1. The minimum atomic E-state index is -0.120. The van der Waals surface area contributed by atoms with Crippen molar-refractivity contribution in [1.29, 1.82) is 0 Å². The van der Waals surface area contributed by atoms with Gasteiger partial charge in [0, 0.05) is 47.1 Å². The number of carbonyl (C=O) groups excluding carboxylic acids is 1. The predicted octanol–water partition coefficient (Wildman–Crippen LogP) is 4.42. The van der Waals surface area contributed by atoms with Crippen molar-refractivity contribution in [2.45, 2.75) is 71.8 Å². The summed E-state index contributed by atoms with van der Waals surface area (Å²) in [5, 5.41) is 16.2. The molecule has 2 aliphatic heterocycles. The second kappa shape index (κ2) is 11.4. The van der Waals surface area contributed by atoms with Crippen molar-refractivity contribution in [2.75, 3.05) is 37.7 Å². The standard InChI is InChI=1S/C27H38BrN3O3/c1-4-30(21-10-12-34-13-11-21)25-15-20(28)14-24(19(25)3)27(32)29-16-26-23-9-7-5-6-8-22(23)18(2)17-31(26)33/h14-15,21,31H,4-13,16-17H2,1-3H3,(H,29,32). The van der Waals surface area contributed by atoms with Gasteiger partial charge < -0.3 is 25.2 Å². The Morgan fingerprint density at radius 3 is 2.59 bits per heavy atom. The van der Waals surface area contributed by atoms with E-state index in [2.05, 4.69) is 46.1 Å². The second-order valence-corrected chi connectivity index (χ2v) is 10.7.